The summed E-state index contributed by atoms with van der Waals surface area (Å²) in [7, 11) is 0. The maximum Gasteiger partial charge on any atom is 0.158 e. The van der Waals surface area contributed by atoms with Crippen molar-refractivity contribution in [3.05, 3.63) is 47.4 Å². The van der Waals surface area contributed by atoms with Crippen LogP contribution in [0.3, 0.4) is 0 Å². The van der Waals surface area contributed by atoms with E-state index in [1.807, 2.05) is 12.1 Å². The summed E-state index contributed by atoms with van der Waals surface area (Å²) in [5, 5.41) is 5.24. The predicted octanol–water partition coefficient (Wildman–Crippen LogP) is 3.66. The van der Waals surface area contributed by atoms with Crippen LogP contribution in [-0.4, -0.2) is 21.2 Å². The van der Waals surface area contributed by atoms with Gasteiger partial charge < -0.3 is 0 Å². The number of pyridine rings is 1. The zero-order valence-electron chi connectivity index (χ0n) is 11.8. The molecule has 1 N–H and O–H groups in total. The number of hydrogen-bond acceptors (Lipinski definition) is 6. The third-order valence-electron chi connectivity index (χ3n) is 3.01. The zero-order chi connectivity index (χ0) is 14.7. The molecule has 0 spiro atoms. The van der Waals surface area contributed by atoms with Crippen molar-refractivity contribution in [3.8, 4) is 0 Å². The molecule has 3 aromatic rings. The molecular weight excluding hydrogens is 282 g/mol. The molecule has 3 aromatic heterocycles. The number of hydrazone groups is 1. The van der Waals surface area contributed by atoms with Crippen LogP contribution >= 0.6 is 11.3 Å². The molecule has 6 heteroatoms. The molecule has 3 rings (SSSR count). The van der Waals surface area contributed by atoms with Gasteiger partial charge in [-0.3, -0.25) is 10.4 Å². The van der Waals surface area contributed by atoms with E-state index >= 15 is 0 Å². The second-order valence-electron chi connectivity index (χ2n) is 4.90. The van der Waals surface area contributed by atoms with Crippen LogP contribution in [-0.2, 0) is 0 Å². The third kappa shape index (κ3) is 3.05. The van der Waals surface area contributed by atoms with E-state index in [1.165, 1.54) is 4.88 Å². The largest absolute Gasteiger partial charge is 0.265 e. The zero-order valence-corrected chi connectivity index (χ0v) is 12.6. The molecule has 0 amide bonds. The summed E-state index contributed by atoms with van der Waals surface area (Å²) < 4.78 is 0. The molecule has 0 saturated carbocycles. The van der Waals surface area contributed by atoms with E-state index < -0.39 is 0 Å². The van der Waals surface area contributed by atoms with Crippen LogP contribution in [0.15, 0.2) is 42.0 Å². The van der Waals surface area contributed by atoms with E-state index in [9.17, 15) is 0 Å². The number of aromatic nitrogens is 3. The van der Waals surface area contributed by atoms with Crippen LogP contribution in [0.2, 0.25) is 0 Å². The van der Waals surface area contributed by atoms with E-state index in [1.54, 1.807) is 36.3 Å². The van der Waals surface area contributed by atoms with Crippen LogP contribution in [0.25, 0.3) is 10.2 Å². The fourth-order valence-electron chi connectivity index (χ4n) is 1.87. The van der Waals surface area contributed by atoms with Gasteiger partial charge in [-0.05, 0) is 29.7 Å². The predicted molar refractivity (Wildman–Crippen MR) is 87.0 cm³/mol. The van der Waals surface area contributed by atoms with Gasteiger partial charge in [-0.25, -0.2) is 9.97 Å². The molecule has 0 radical (unpaired) electrons. The van der Waals surface area contributed by atoms with Crippen LogP contribution in [0, 0.1) is 0 Å². The monoisotopic (exact) mass is 297 g/mol. The summed E-state index contributed by atoms with van der Waals surface area (Å²) in [6, 6.07) is 5.92. The lowest BCUT2D eigenvalue weighted by Crippen LogP contribution is -1.94. The van der Waals surface area contributed by atoms with E-state index in [0.29, 0.717) is 5.92 Å². The number of hydrogen-bond donors (Lipinski definition) is 1. The minimum atomic E-state index is 0.484. The van der Waals surface area contributed by atoms with Crippen molar-refractivity contribution >= 4 is 33.6 Å². The van der Waals surface area contributed by atoms with Gasteiger partial charge in [0.1, 0.15) is 11.2 Å². The summed E-state index contributed by atoms with van der Waals surface area (Å²) in [6.45, 7) is 4.35. The highest BCUT2D eigenvalue weighted by molar-refractivity contribution is 7.18. The van der Waals surface area contributed by atoms with Crippen LogP contribution in [0.5, 0.6) is 0 Å². The van der Waals surface area contributed by atoms with Gasteiger partial charge in [0.25, 0.3) is 0 Å². The van der Waals surface area contributed by atoms with Crippen molar-refractivity contribution in [1.82, 2.24) is 15.0 Å². The highest BCUT2D eigenvalue weighted by Gasteiger charge is 2.10. The lowest BCUT2D eigenvalue weighted by atomic mass is 10.2. The fraction of sp³-hybridized carbons (Fsp3) is 0.200. The first-order chi connectivity index (χ1) is 10.2. The van der Waals surface area contributed by atoms with Crippen LogP contribution in [0.4, 0.5) is 5.82 Å². The Hall–Kier alpha value is -2.34. The van der Waals surface area contributed by atoms with Crippen molar-refractivity contribution in [2.75, 3.05) is 5.43 Å². The Labute approximate surface area is 126 Å². The lowest BCUT2D eigenvalue weighted by Gasteiger charge is -2.00. The van der Waals surface area contributed by atoms with Crippen LogP contribution < -0.4 is 5.43 Å². The Morgan fingerprint density at radius 1 is 1.24 bits per heavy atom. The first-order valence-electron chi connectivity index (χ1n) is 6.67. The molecule has 5 nitrogen and oxygen atoms in total. The molecule has 0 saturated heterocycles. The molecule has 0 aliphatic carbocycles. The maximum atomic E-state index is 4.32. The highest BCUT2D eigenvalue weighted by Crippen LogP contribution is 2.32. The summed E-state index contributed by atoms with van der Waals surface area (Å²) in [5.74, 6) is 1.21. The summed E-state index contributed by atoms with van der Waals surface area (Å²) in [5.41, 5.74) is 3.98. The number of thiophene rings is 1. The number of nitrogens with one attached hydrogen (secondary N) is 1. The Kier molecular flexibility index (Phi) is 3.87. The molecule has 106 valence electrons. The van der Waals surface area contributed by atoms with E-state index in [-0.39, 0.29) is 0 Å². The smallest absolute Gasteiger partial charge is 0.158 e. The van der Waals surface area contributed by atoms with Gasteiger partial charge in [0.05, 0.1) is 11.6 Å². The van der Waals surface area contributed by atoms with Gasteiger partial charge in [-0.1, -0.05) is 13.8 Å². The molecule has 0 aromatic carbocycles. The molecule has 3 heterocycles. The molecule has 0 unspecified atom stereocenters. The minimum absolute atomic E-state index is 0.484. The molecule has 0 bridgehead atoms. The van der Waals surface area contributed by atoms with Crippen molar-refractivity contribution in [2.45, 2.75) is 19.8 Å². The fourth-order valence-corrected chi connectivity index (χ4v) is 2.87. The Balaban J connectivity index is 1.85. The van der Waals surface area contributed by atoms with Crippen molar-refractivity contribution in [3.63, 3.8) is 0 Å². The second-order valence-corrected chi connectivity index (χ2v) is 5.96. The van der Waals surface area contributed by atoms with Gasteiger partial charge in [-0.2, -0.15) is 5.10 Å². The topological polar surface area (TPSA) is 63.1 Å². The number of rotatable bonds is 4. The Morgan fingerprint density at radius 2 is 2.05 bits per heavy atom. The first kappa shape index (κ1) is 13.6. The number of fused-ring (bicyclic) bond motifs is 1. The SMILES string of the molecule is CC(C)c1cc2c(NN=Cc3ccncc3)ncnc2s1. The van der Waals surface area contributed by atoms with Crippen molar-refractivity contribution < 1.29 is 0 Å². The first-order valence-corrected chi connectivity index (χ1v) is 7.49. The van der Waals surface area contributed by atoms with Crippen molar-refractivity contribution in [1.29, 1.82) is 0 Å². The van der Waals surface area contributed by atoms with Gasteiger partial charge in [0.2, 0.25) is 0 Å². The average Bonchev–Trinajstić information content (AvgIpc) is 2.94. The van der Waals surface area contributed by atoms with Crippen LogP contribution in [0.1, 0.15) is 30.2 Å². The van der Waals surface area contributed by atoms with Gasteiger partial charge in [0, 0.05) is 17.3 Å². The maximum absolute atomic E-state index is 4.32. The van der Waals surface area contributed by atoms with Gasteiger partial charge in [-0.15, -0.1) is 11.3 Å². The van der Waals surface area contributed by atoms with E-state index in [0.717, 1.165) is 21.6 Å². The molecule has 0 aliphatic heterocycles. The molecule has 0 aliphatic rings. The third-order valence-corrected chi connectivity index (χ3v) is 4.35. The number of nitrogens with zero attached hydrogens (tertiary/aromatic N) is 4. The average molecular weight is 297 g/mol. The van der Waals surface area contributed by atoms with Crippen molar-refractivity contribution in [2.24, 2.45) is 5.10 Å². The normalized spacial score (nSPS) is 11.6. The quantitative estimate of drug-likeness (QED) is 0.589. The molecule has 21 heavy (non-hydrogen) atoms. The summed E-state index contributed by atoms with van der Waals surface area (Å²) in [4.78, 5) is 14.8. The van der Waals surface area contributed by atoms with Gasteiger partial charge in [0.15, 0.2) is 5.82 Å². The Bertz CT molecular complexity index is 764. The lowest BCUT2D eigenvalue weighted by molar-refractivity contribution is 0.890. The number of anilines is 1. The minimum Gasteiger partial charge on any atom is -0.265 e. The standard InChI is InChI=1S/C15H15N5S/c1-10(2)13-7-12-14(17-9-18-15(12)21-13)20-19-8-11-3-5-16-6-4-11/h3-10H,1-2H3,(H,17,18,20). The van der Waals surface area contributed by atoms with Gasteiger partial charge >= 0.3 is 0 Å². The second kappa shape index (κ2) is 5.97. The molecule has 0 atom stereocenters. The van der Waals surface area contributed by atoms with E-state index in [2.05, 4.69) is 45.4 Å². The molecule has 0 fully saturated rings. The highest BCUT2D eigenvalue weighted by atomic mass is 32.1. The van der Waals surface area contributed by atoms with E-state index in [4.69, 9.17) is 0 Å². The Morgan fingerprint density at radius 3 is 2.81 bits per heavy atom. The summed E-state index contributed by atoms with van der Waals surface area (Å²) >= 11 is 1.70. The summed E-state index contributed by atoms with van der Waals surface area (Å²) in [6.07, 6.45) is 6.77. The molecular formula is C15H15N5S.